The number of imide groups is 1. The molecule has 1 heterocycles. The van der Waals surface area contributed by atoms with Crippen molar-refractivity contribution in [1.82, 2.24) is 5.06 Å². The van der Waals surface area contributed by atoms with Crippen molar-refractivity contribution in [1.29, 1.82) is 0 Å². The zero-order valence-electron chi connectivity index (χ0n) is 12.3. The number of benzene rings is 2. The van der Waals surface area contributed by atoms with Crippen molar-refractivity contribution in [2.45, 2.75) is 6.92 Å². The highest BCUT2D eigenvalue weighted by Crippen LogP contribution is 2.22. The first-order valence-electron chi connectivity index (χ1n) is 6.94. The number of nitrogens with zero attached hydrogens (tertiary/aromatic N) is 1. The molecule has 2 amide bonds. The third-order valence-corrected chi connectivity index (χ3v) is 3.30. The molecule has 0 spiro atoms. The summed E-state index contributed by atoms with van der Waals surface area (Å²) in [5.74, 6) is -1.64. The van der Waals surface area contributed by atoms with Crippen molar-refractivity contribution < 1.29 is 24.0 Å². The fraction of sp³-hybridized carbons (Fsp3) is 0.118. The average Bonchev–Trinajstić information content (AvgIpc) is 2.79. The van der Waals surface area contributed by atoms with E-state index in [2.05, 4.69) is 0 Å². The van der Waals surface area contributed by atoms with Crippen molar-refractivity contribution in [3.8, 4) is 5.75 Å². The Morgan fingerprint density at radius 3 is 2.26 bits per heavy atom. The lowest BCUT2D eigenvalue weighted by molar-refractivity contribution is -0.170. The van der Waals surface area contributed by atoms with E-state index in [4.69, 9.17) is 9.57 Å². The molecule has 0 saturated carbocycles. The van der Waals surface area contributed by atoms with Gasteiger partial charge in [-0.05, 0) is 36.8 Å². The van der Waals surface area contributed by atoms with Gasteiger partial charge in [-0.25, -0.2) is 4.79 Å². The summed E-state index contributed by atoms with van der Waals surface area (Å²) in [5, 5.41) is 0.465. The summed E-state index contributed by atoms with van der Waals surface area (Å²) in [4.78, 5) is 40.7. The molecule has 0 radical (unpaired) electrons. The third kappa shape index (κ3) is 2.91. The van der Waals surface area contributed by atoms with Gasteiger partial charge in [-0.2, -0.15) is 0 Å². The summed E-state index contributed by atoms with van der Waals surface area (Å²) in [6, 6.07) is 13.4. The van der Waals surface area contributed by atoms with E-state index in [1.165, 1.54) is 12.1 Å². The molecular formula is C17H13NO5. The molecule has 1 aliphatic heterocycles. The van der Waals surface area contributed by atoms with Gasteiger partial charge < -0.3 is 9.57 Å². The SMILES string of the molecule is Cc1cccc(OCC(=O)ON2C(=O)c3ccccc3C2=O)c1. The van der Waals surface area contributed by atoms with Crippen LogP contribution < -0.4 is 4.74 Å². The first-order chi connectivity index (χ1) is 11.1. The predicted molar refractivity (Wildman–Crippen MR) is 79.7 cm³/mol. The molecule has 0 N–H and O–H groups in total. The van der Waals surface area contributed by atoms with E-state index in [9.17, 15) is 14.4 Å². The van der Waals surface area contributed by atoms with Crippen LogP contribution in [0.25, 0.3) is 0 Å². The van der Waals surface area contributed by atoms with E-state index < -0.39 is 24.4 Å². The summed E-state index contributed by atoms with van der Waals surface area (Å²) in [5.41, 5.74) is 1.41. The number of carbonyl (C=O) groups excluding carboxylic acids is 3. The highest BCUT2D eigenvalue weighted by Gasteiger charge is 2.38. The number of fused-ring (bicyclic) bond motifs is 1. The third-order valence-electron chi connectivity index (χ3n) is 3.30. The maximum Gasteiger partial charge on any atom is 0.370 e. The molecular weight excluding hydrogens is 298 g/mol. The van der Waals surface area contributed by atoms with E-state index in [0.717, 1.165) is 5.56 Å². The van der Waals surface area contributed by atoms with E-state index in [-0.39, 0.29) is 11.1 Å². The molecule has 2 aromatic rings. The number of hydrogen-bond donors (Lipinski definition) is 0. The fourth-order valence-electron chi connectivity index (χ4n) is 2.23. The maximum atomic E-state index is 12.0. The van der Waals surface area contributed by atoms with Gasteiger partial charge in [-0.3, -0.25) is 9.59 Å². The van der Waals surface area contributed by atoms with Gasteiger partial charge in [0.25, 0.3) is 11.8 Å². The number of aryl methyl sites for hydroxylation is 1. The first kappa shape index (κ1) is 14.8. The summed E-state index contributed by atoms with van der Waals surface area (Å²) >= 11 is 0. The Hall–Kier alpha value is -3.15. The molecule has 2 aromatic carbocycles. The number of ether oxygens (including phenoxy) is 1. The van der Waals surface area contributed by atoms with Crippen molar-refractivity contribution in [2.75, 3.05) is 6.61 Å². The van der Waals surface area contributed by atoms with Crippen LogP contribution in [0.2, 0.25) is 0 Å². The second-order valence-corrected chi connectivity index (χ2v) is 5.02. The number of carbonyl (C=O) groups is 3. The van der Waals surface area contributed by atoms with Crippen LogP contribution in [-0.4, -0.2) is 29.5 Å². The van der Waals surface area contributed by atoms with Crippen LogP contribution >= 0.6 is 0 Å². The molecule has 0 aliphatic carbocycles. The second-order valence-electron chi connectivity index (χ2n) is 5.02. The first-order valence-corrected chi connectivity index (χ1v) is 6.94. The smallest absolute Gasteiger partial charge is 0.370 e. The molecule has 23 heavy (non-hydrogen) atoms. The molecule has 0 aromatic heterocycles. The van der Waals surface area contributed by atoms with Gasteiger partial charge in [0.1, 0.15) is 5.75 Å². The van der Waals surface area contributed by atoms with Crippen LogP contribution in [-0.2, 0) is 9.63 Å². The van der Waals surface area contributed by atoms with Crippen molar-refractivity contribution in [3.63, 3.8) is 0 Å². The summed E-state index contributed by atoms with van der Waals surface area (Å²) in [6.07, 6.45) is 0. The van der Waals surface area contributed by atoms with E-state index >= 15 is 0 Å². The minimum absolute atomic E-state index is 0.213. The van der Waals surface area contributed by atoms with Gasteiger partial charge in [-0.15, -0.1) is 0 Å². The topological polar surface area (TPSA) is 72.9 Å². The van der Waals surface area contributed by atoms with Crippen LogP contribution in [0.15, 0.2) is 48.5 Å². The van der Waals surface area contributed by atoms with Gasteiger partial charge in [0.15, 0.2) is 6.61 Å². The zero-order chi connectivity index (χ0) is 16.4. The number of hydroxylamine groups is 2. The molecule has 6 heteroatoms. The van der Waals surface area contributed by atoms with Crippen LogP contribution in [0.4, 0.5) is 0 Å². The summed E-state index contributed by atoms with van der Waals surface area (Å²) in [7, 11) is 0. The van der Waals surface area contributed by atoms with E-state index in [1.54, 1.807) is 30.3 Å². The number of hydrogen-bond acceptors (Lipinski definition) is 5. The highest BCUT2D eigenvalue weighted by molar-refractivity contribution is 6.20. The molecule has 0 bridgehead atoms. The molecule has 1 aliphatic rings. The largest absolute Gasteiger partial charge is 0.482 e. The molecule has 0 saturated heterocycles. The standard InChI is InChI=1S/C17H13NO5/c1-11-5-4-6-12(9-11)22-10-15(19)23-18-16(20)13-7-2-3-8-14(13)17(18)21/h2-9H,10H2,1H3. The zero-order valence-corrected chi connectivity index (χ0v) is 12.3. The lowest BCUT2D eigenvalue weighted by Crippen LogP contribution is -2.34. The Labute approximate surface area is 132 Å². The molecule has 0 unspecified atom stereocenters. The maximum absolute atomic E-state index is 12.0. The minimum atomic E-state index is -0.832. The van der Waals surface area contributed by atoms with Crippen molar-refractivity contribution >= 4 is 17.8 Å². The predicted octanol–water partition coefficient (Wildman–Crippen LogP) is 2.13. The van der Waals surface area contributed by atoms with Gasteiger partial charge in [0.2, 0.25) is 0 Å². The van der Waals surface area contributed by atoms with Gasteiger partial charge in [-0.1, -0.05) is 29.3 Å². The van der Waals surface area contributed by atoms with E-state index in [1.807, 2.05) is 13.0 Å². The van der Waals surface area contributed by atoms with Gasteiger partial charge in [0.05, 0.1) is 11.1 Å². The Balaban J connectivity index is 1.63. The second kappa shape index (κ2) is 5.92. The number of amides is 2. The van der Waals surface area contributed by atoms with Crippen molar-refractivity contribution in [2.24, 2.45) is 0 Å². The normalized spacial score (nSPS) is 13.0. The van der Waals surface area contributed by atoms with Crippen LogP contribution in [0.3, 0.4) is 0 Å². The molecule has 116 valence electrons. The van der Waals surface area contributed by atoms with Gasteiger partial charge >= 0.3 is 5.97 Å². The monoisotopic (exact) mass is 311 g/mol. The van der Waals surface area contributed by atoms with Crippen LogP contribution in [0.5, 0.6) is 5.75 Å². The Bertz CT molecular complexity index is 764. The average molecular weight is 311 g/mol. The highest BCUT2D eigenvalue weighted by atomic mass is 16.7. The van der Waals surface area contributed by atoms with Crippen LogP contribution in [0.1, 0.15) is 26.3 Å². The number of rotatable bonds is 4. The lowest BCUT2D eigenvalue weighted by atomic mass is 10.1. The minimum Gasteiger partial charge on any atom is -0.482 e. The Morgan fingerprint density at radius 1 is 1.00 bits per heavy atom. The van der Waals surface area contributed by atoms with Crippen molar-refractivity contribution in [3.05, 3.63) is 65.2 Å². The fourth-order valence-corrected chi connectivity index (χ4v) is 2.23. The van der Waals surface area contributed by atoms with Gasteiger partial charge in [0, 0.05) is 0 Å². The molecule has 0 fully saturated rings. The molecule has 0 atom stereocenters. The van der Waals surface area contributed by atoms with Crippen LogP contribution in [0, 0.1) is 6.92 Å². The Kier molecular flexibility index (Phi) is 3.80. The quantitative estimate of drug-likeness (QED) is 0.809. The lowest BCUT2D eigenvalue weighted by Gasteiger charge is -2.13. The summed E-state index contributed by atoms with van der Waals surface area (Å²) < 4.78 is 5.28. The molecule has 6 nitrogen and oxygen atoms in total. The Morgan fingerprint density at radius 2 is 1.65 bits per heavy atom. The van der Waals surface area contributed by atoms with E-state index in [0.29, 0.717) is 10.8 Å². The summed E-state index contributed by atoms with van der Waals surface area (Å²) in [6.45, 7) is 1.49. The molecule has 3 rings (SSSR count).